The monoisotopic (exact) mass is 444 g/mol. The lowest BCUT2D eigenvalue weighted by atomic mass is 10.1. The van der Waals surface area contributed by atoms with Crippen molar-refractivity contribution in [1.29, 1.82) is 0 Å². The smallest absolute Gasteiger partial charge is 0.322 e. The lowest BCUT2D eigenvalue weighted by Gasteiger charge is -2.22. The Morgan fingerprint density at radius 3 is 2.58 bits per heavy atom. The highest BCUT2D eigenvalue weighted by atomic mass is 32.2. The maximum Gasteiger partial charge on any atom is 0.322 e. The lowest BCUT2D eigenvalue weighted by molar-refractivity contribution is -0.119. The van der Waals surface area contributed by atoms with Crippen molar-refractivity contribution in [2.24, 2.45) is 0 Å². The van der Waals surface area contributed by atoms with Crippen LogP contribution in [0.1, 0.15) is 24.0 Å². The Morgan fingerprint density at radius 1 is 1.13 bits per heavy atom. The number of hydrogen-bond donors (Lipinski definition) is 1. The van der Waals surface area contributed by atoms with E-state index in [0.717, 1.165) is 33.1 Å². The van der Waals surface area contributed by atoms with Gasteiger partial charge in [-0.25, -0.2) is 12.8 Å². The zero-order valence-electron chi connectivity index (χ0n) is 17.0. The summed E-state index contributed by atoms with van der Waals surface area (Å²) in [6.45, 7) is 4.15. The molecule has 4 rings (SSSR count). The number of amides is 1. The van der Waals surface area contributed by atoms with Gasteiger partial charge in [0.2, 0.25) is 21.8 Å². The Balaban J connectivity index is 1.51. The molecule has 1 atom stereocenters. The van der Waals surface area contributed by atoms with Crippen molar-refractivity contribution in [1.82, 2.24) is 14.5 Å². The van der Waals surface area contributed by atoms with Gasteiger partial charge in [0.25, 0.3) is 0 Å². The second-order valence-corrected chi connectivity index (χ2v) is 9.32. The van der Waals surface area contributed by atoms with E-state index in [1.54, 1.807) is 0 Å². The van der Waals surface area contributed by atoms with Crippen molar-refractivity contribution >= 4 is 21.9 Å². The lowest BCUT2D eigenvalue weighted by Crippen LogP contribution is -2.43. The van der Waals surface area contributed by atoms with Crippen LogP contribution in [0.15, 0.2) is 51.8 Å². The number of rotatable bonds is 5. The Labute approximate surface area is 179 Å². The maximum atomic E-state index is 13.2. The van der Waals surface area contributed by atoms with Gasteiger partial charge in [0.1, 0.15) is 11.9 Å². The molecule has 1 aliphatic rings. The number of sulfonamides is 1. The fourth-order valence-electron chi connectivity index (χ4n) is 3.49. The van der Waals surface area contributed by atoms with Crippen LogP contribution in [-0.2, 0) is 14.8 Å². The Hall–Kier alpha value is -3.11. The topological polar surface area (TPSA) is 105 Å². The van der Waals surface area contributed by atoms with Crippen LogP contribution in [0.3, 0.4) is 0 Å². The number of halogens is 1. The zero-order chi connectivity index (χ0) is 22.2. The molecule has 1 aromatic heterocycles. The van der Waals surface area contributed by atoms with Crippen molar-refractivity contribution in [3.05, 3.63) is 59.4 Å². The van der Waals surface area contributed by atoms with E-state index in [-0.39, 0.29) is 23.3 Å². The van der Waals surface area contributed by atoms with Crippen LogP contribution in [0.5, 0.6) is 0 Å². The SMILES string of the molecule is Cc1ccc(-c2nnc(NC(=O)C3CCCN3S(=O)(=O)c3ccc(F)cc3)o2)cc1C. The molecule has 8 nitrogen and oxygen atoms in total. The fourth-order valence-corrected chi connectivity index (χ4v) is 5.14. The molecule has 0 spiro atoms. The van der Waals surface area contributed by atoms with Gasteiger partial charge in [-0.05, 0) is 74.2 Å². The van der Waals surface area contributed by atoms with E-state index in [0.29, 0.717) is 12.8 Å². The van der Waals surface area contributed by atoms with E-state index in [1.807, 2.05) is 32.0 Å². The van der Waals surface area contributed by atoms with Crippen molar-refractivity contribution in [3.8, 4) is 11.5 Å². The first-order valence-electron chi connectivity index (χ1n) is 9.75. The van der Waals surface area contributed by atoms with Crippen LogP contribution in [0.2, 0.25) is 0 Å². The summed E-state index contributed by atoms with van der Waals surface area (Å²) in [4.78, 5) is 12.7. The number of aromatic nitrogens is 2. The van der Waals surface area contributed by atoms with Gasteiger partial charge in [-0.1, -0.05) is 11.2 Å². The van der Waals surface area contributed by atoms with Crippen LogP contribution in [0.25, 0.3) is 11.5 Å². The highest BCUT2D eigenvalue weighted by Gasteiger charge is 2.39. The molecule has 3 aromatic rings. The van der Waals surface area contributed by atoms with Crippen LogP contribution >= 0.6 is 0 Å². The first-order valence-corrected chi connectivity index (χ1v) is 11.2. The normalized spacial score (nSPS) is 17.1. The van der Waals surface area contributed by atoms with E-state index in [9.17, 15) is 17.6 Å². The number of nitrogens with zero attached hydrogens (tertiary/aromatic N) is 3. The maximum absolute atomic E-state index is 13.2. The molecular formula is C21H21FN4O4S. The minimum Gasteiger partial charge on any atom is -0.403 e. The van der Waals surface area contributed by atoms with E-state index in [4.69, 9.17) is 4.42 Å². The van der Waals surface area contributed by atoms with Gasteiger partial charge in [-0.15, -0.1) is 5.10 Å². The molecule has 1 unspecified atom stereocenters. The summed E-state index contributed by atoms with van der Waals surface area (Å²) in [5.74, 6) is -0.843. The molecule has 1 aliphatic heterocycles. The van der Waals surface area contributed by atoms with E-state index in [1.165, 1.54) is 12.1 Å². The van der Waals surface area contributed by atoms with Crippen LogP contribution in [-0.4, -0.2) is 41.4 Å². The summed E-state index contributed by atoms with van der Waals surface area (Å²) in [5.41, 5.74) is 2.91. The van der Waals surface area contributed by atoms with Crippen molar-refractivity contribution < 1.29 is 22.0 Å². The molecule has 2 heterocycles. The van der Waals surface area contributed by atoms with Gasteiger partial charge >= 0.3 is 6.01 Å². The number of nitrogens with one attached hydrogen (secondary N) is 1. The van der Waals surface area contributed by atoms with Crippen LogP contribution < -0.4 is 5.32 Å². The minimum atomic E-state index is -3.95. The number of anilines is 1. The molecule has 2 aromatic carbocycles. The molecule has 1 saturated heterocycles. The summed E-state index contributed by atoms with van der Waals surface area (Å²) in [6, 6.07) is 9.17. The Kier molecular flexibility index (Phi) is 5.59. The fraction of sp³-hybridized carbons (Fsp3) is 0.286. The van der Waals surface area contributed by atoms with Gasteiger partial charge in [-0.2, -0.15) is 4.31 Å². The van der Waals surface area contributed by atoms with E-state index >= 15 is 0 Å². The number of aryl methyl sites for hydroxylation is 2. The standard InChI is InChI=1S/C21H21FN4O4S/c1-13-5-6-15(12-14(13)2)20-24-25-21(30-20)23-19(27)18-4-3-11-26(18)31(28,29)17-9-7-16(22)8-10-17/h5-10,12,18H,3-4,11H2,1-2H3,(H,23,25,27). The summed E-state index contributed by atoms with van der Waals surface area (Å²) in [7, 11) is -3.95. The third-order valence-electron chi connectivity index (χ3n) is 5.34. The van der Waals surface area contributed by atoms with Gasteiger partial charge in [0.15, 0.2) is 0 Å². The molecule has 10 heteroatoms. The highest BCUT2D eigenvalue weighted by Crippen LogP contribution is 2.28. The molecule has 31 heavy (non-hydrogen) atoms. The van der Waals surface area contributed by atoms with Crippen LogP contribution in [0.4, 0.5) is 10.4 Å². The number of carbonyl (C=O) groups is 1. The third-order valence-corrected chi connectivity index (χ3v) is 7.26. The van der Waals surface area contributed by atoms with Gasteiger partial charge < -0.3 is 4.42 Å². The molecule has 1 N–H and O–H groups in total. The number of benzene rings is 2. The first-order chi connectivity index (χ1) is 14.8. The number of hydrogen-bond acceptors (Lipinski definition) is 6. The molecule has 162 valence electrons. The van der Waals surface area contributed by atoms with E-state index in [2.05, 4.69) is 15.5 Å². The minimum absolute atomic E-state index is 0.0663. The molecular weight excluding hydrogens is 423 g/mol. The second-order valence-electron chi connectivity index (χ2n) is 7.43. The molecule has 0 bridgehead atoms. The summed E-state index contributed by atoms with van der Waals surface area (Å²) < 4.78 is 45.7. The Bertz CT molecular complexity index is 1220. The molecule has 1 amide bonds. The third kappa shape index (κ3) is 4.21. The number of carbonyl (C=O) groups excluding carboxylic acids is 1. The van der Waals surface area contributed by atoms with Crippen molar-refractivity contribution in [2.75, 3.05) is 11.9 Å². The first kappa shape index (κ1) is 21.1. The molecule has 0 saturated carbocycles. The highest BCUT2D eigenvalue weighted by molar-refractivity contribution is 7.89. The van der Waals surface area contributed by atoms with Crippen molar-refractivity contribution in [2.45, 2.75) is 37.6 Å². The summed E-state index contributed by atoms with van der Waals surface area (Å²) >= 11 is 0. The van der Waals surface area contributed by atoms with Gasteiger partial charge in [0.05, 0.1) is 4.90 Å². The average Bonchev–Trinajstić information content (AvgIpc) is 3.40. The molecule has 0 radical (unpaired) electrons. The summed E-state index contributed by atoms with van der Waals surface area (Å²) in [5, 5.41) is 10.3. The average molecular weight is 444 g/mol. The summed E-state index contributed by atoms with van der Waals surface area (Å²) in [6.07, 6.45) is 0.876. The van der Waals surface area contributed by atoms with Gasteiger partial charge in [-0.3, -0.25) is 10.1 Å². The largest absolute Gasteiger partial charge is 0.403 e. The Morgan fingerprint density at radius 2 is 1.87 bits per heavy atom. The van der Waals surface area contributed by atoms with Crippen molar-refractivity contribution in [3.63, 3.8) is 0 Å². The quantitative estimate of drug-likeness (QED) is 0.647. The molecule has 0 aliphatic carbocycles. The molecule has 1 fully saturated rings. The van der Waals surface area contributed by atoms with Gasteiger partial charge in [0, 0.05) is 12.1 Å². The van der Waals surface area contributed by atoms with E-state index < -0.39 is 27.8 Å². The second kappa shape index (κ2) is 8.20. The predicted molar refractivity (Wildman–Crippen MR) is 111 cm³/mol. The zero-order valence-corrected chi connectivity index (χ0v) is 17.8. The van der Waals surface area contributed by atoms with Crippen LogP contribution in [0, 0.1) is 19.7 Å². The predicted octanol–water partition coefficient (Wildman–Crippen LogP) is 3.28.